The van der Waals surface area contributed by atoms with Gasteiger partial charge in [0, 0.05) is 14.2 Å². The fraction of sp³-hybridized carbons (Fsp3) is 1.00. The first-order valence-electron chi connectivity index (χ1n) is 4.46. The van der Waals surface area contributed by atoms with Gasteiger partial charge in [0.15, 0.2) is 0 Å². The Morgan fingerprint density at radius 2 is 0.786 bits per heavy atom. The van der Waals surface area contributed by atoms with Crippen LogP contribution in [0, 0.1) is 0 Å². The number of hydrogen-bond acceptors (Lipinski definition) is 2. The molecule has 0 fully saturated rings. The standard InChI is InChI=1S/2C3H8.C2H6O.C2H6S.2CH4/c4*1-3-2;;/h2*3H2,1-2H3;2*1-2H3;2*1H4. The van der Waals surface area contributed by atoms with Crippen molar-refractivity contribution >= 4 is 11.8 Å². The average molecular weight is 228 g/mol. The molecule has 96 valence electrons. The normalized spacial score (nSPS) is 5.14. The second-order valence-electron chi connectivity index (χ2n) is 2.23. The van der Waals surface area contributed by atoms with Gasteiger partial charge in [-0.3, -0.25) is 0 Å². The molecule has 0 aliphatic rings. The predicted octanol–water partition coefficient (Wildman–Crippen LogP) is 5.35. The van der Waals surface area contributed by atoms with Gasteiger partial charge in [0.1, 0.15) is 0 Å². The molecule has 0 aliphatic carbocycles. The number of thioether (sulfide) groups is 1. The Morgan fingerprint density at radius 3 is 0.786 bits per heavy atom. The third-order valence-electron chi connectivity index (χ3n) is 0. The molecule has 14 heavy (non-hydrogen) atoms. The van der Waals surface area contributed by atoms with E-state index in [1.54, 1.807) is 26.0 Å². The number of methoxy groups -OCH3 is 1. The van der Waals surface area contributed by atoms with Gasteiger partial charge in [-0.2, -0.15) is 11.8 Å². The molecule has 0 amide bonds. The molecule has 2 heteroatoms. The second-order valence-corrected chi connectivity index (χ2v) is 3.05. The SMILES string of the molecule is C.C.CCC.CCC.COC.CSC. The molecule has 0 unspecified atom stereocenters. The molecule has 0 spiro atoms. The Morgan fingerprint density at radius 1 is 0.786 bits per heavy atom. The van der Waals surface area contributed by atoms with Gasteiger partial charge in [0.05, 0.1) is 0 Å². The summed E-state index contributed by atoms with van der Waals surface area (Å²) in [4.78, 5) is 0. The van der Waals surface area contributed by atoms with Gasteiger partial charge in [-0.15, -0.1) is 0 Å². The first kappa shape index (κ1) is 36.7. The van der Waals surface area contributed by atoms with E-state index in [9.17, 15) is 0 Å². The highest BCUT2D eigenvalue weighted by Gasteiger charge is 1.36. The van der Waals surface area contributed by atoms with Crippen LogP contribution in [0.25, 0.3) is 0 Å². The number of hydrogen-bond donors (Lipinski definition) is 0. The molecular formula is C12H36OS. The largest absolute Gasteiger partial charge is 0.388 e. The second kappa shape index (κ2) is 109. The zero-order chi connectivity index (χ0) is 10.8. The first-order valence-corrected chi connectivity index (χ1v) is 6.09. The van der Waals surface area contributed by atoms with Crippen molar-refractivity contribution in [3.05, 3.63) is 0 Å². The van der Waals surface area contributed by atoms with Gasteiger partial charge >= 0.3 is 0 Å². The molecule has 0 aromatic rings. The highest BCUT2D eigenvalue weighted by atomic mass is 32.2. The smallest absolute Gasteiger partial charge is 0.0351 e. The maximum absolute atomic E-state index is 4.25. The zero-order valence-corrected chi connectivity index (χ0v) is 11.0. The molecule has 0 rings (SSSR count). The van der Waals surface area contributed by atoms with Crippen molar-refractivity contribution in [2.75, 3.05) is 26.7 Å². The van der Waals surface area contributed by atoms with Crippen LogP contribution in [0.2, 0.25) is 0 Å². The van der Waals surface area contributed by atoms with Crippen LogP contribution in [-0.4, -0.2) is 26.7 Å². The molecular weight excluding hydrogens is 192 g/mol. The van der Waals surface area contributed by atoms with Gasteiger partial charge < -0.3 is 4.74 Å². The van der Waals surface area contributed by atoms with Crippen molar-refractivity contribution in [2.24, 2.45) is 0 Å². The summed E-state index contributed by atoms with van der Waals surface area (Å²) >= 11 is 1.75. The first-order chi connectivity index (χ1) is 5.66. The van der Waals surface area contributed by atoms with E-state index in [0.29, 0.717) is 0 Å². The Balaban J connectivity index is -0.0000000145. The van der Waals surface area contributed by atoms with E-state index in [-0.39, 0.29) is 14.9 Å². The van der Waals surface area contributed by atoms with Crippen LogP contribution in [-0.2, 0) is 4.74 Å². The van der Waals surface area contributed by atoms with Gasteiger partial charge in [-0.05, 0) is 12.5 Å². The molecule has 0 radical (unpaired) electrons. The fourth-order valence-corrected chi connectivity index (χ4v) is 0. The molecule has 0 saturated heterocycles. The highest BCUT2D eigenvalue weighted by Crippen LogP contribution is 1.70. The molecule has 0 aromatic carbocycles. The van der Waals surface area contributed by atoms with E-state index < -0.39 is 0 Å². The molecule has 0 bridgehead atoms. The van der Waals surface area contributed by atoms with E-state index in [1.807, 2.05) is 12.5 Å². The van der Waals surface area contributed by atoms with E-state index in [1.165, 1.54) is 12.8 Å². The summed E-state index contributed by atoms with van der Waals surface area (Å²) in [7, 11) is 3.25. The number of rotatable bonds is 0. The Bertz CT molecular complexity index is 18.3. The van der Waals surface area contributed by atoms with E-state index in [4.69, 9.17) is 0 Å². The highest BCUT2D eigenvalue weighted by molar-refractivity contribution is 7.97. The lowest BCUT2D eigenvalue weighted by molar-refractivity contribution is 0.277. The molecule has 0 atom stereocenters. The quantitative estimate of drug-likeness (QED) is 0.553. The monoisotopic (exact) mass is 228 g/mol. The van der Waals surface area contributed by atoms with Crippen molar-refractivity contribution in [1.82, 2.24) is 0 Å². The molecule has 0 aliphatic heterocycles. The Hall–Kier alpha value is 0.310. The van der Waals surface area contributed by atoms with Crippen molar-refractivity contribution in [3.63, 3.8) is 0 Å². The maximum Gasteiger partial charge on any atom is 0.0351 e. The maximum atomic E-state index is 4.25. The van der Waals surface area contributed by atoms with Gasteiger partial charge in [-0.25, -0.2) is 0 Å². The molecule has 0 N–H and O–H groups in total. The van der Waals surface area contributed by atoms with Crippen molar-refractivity contribution in [3.8, 4) is 0 Å². The minimum absolute atomic E-state index is 0. The van der Waals surface area contributed by atoms with Gasteiger partial charge in [0.25, 0.3) is 0 Å². The molecule has 1 nitrogen and oxygen atoms in total. The van der Waals surface area contributed by atoms with E-state index in [0.717, 1.165) is 0 Å². The summed E-state index contributed by atoms with van der Waals surface area (Å²) in [6.45, 7) is 8.50. The van der Waals surface area contributed by atoms with Crippen LogP contribution in [0.3, 0.4) is 0 Å². The summed E-state index contributed by atoms with van der Waals surface area (Å²) in [6, 6.07) is 0. The zero-order valence-electron chi connectivity index (χ0n) is 10.2. The Labute approximate surface area is 99.0 Å². The topological polar surface area (TPSA) is 9.23 Å². The summed E-state index contributed by atoms with van der Waals surface area (Å²) < 4.78 is 4.25. The minimum Gasteiger partial charge on any atom is -0.388 e. The summed E-state index contributed by atoms with van der Waals surface area (Å²) in [6.07, 6.45) is 6.58. The van der Waals surface area contributed by atoms with E-state index in [2.05, 4.69) is 32.4 Å². The van der Waals surface area contributed by atoms with Crippen LogP contribution in [0.15, 0.2) is 0 Å². The third kappa shape index (κ3) is 16400. The van der Waals surface area contributed by atoms with Crippen LogP contribution in [0.4, 0.5) is 0 Å². The van der Waals surface area contributed by atoms with Crippen LogP contribution < -0.4 is 0 Å². The third-order valence-corrected chi connectivity index (χ3v) is 0. The average Bonchev–Trinajstić information content (AvgIpc) is 1.92. The van der Waals surface area contributed by atoms with Crippen molar-refractivity contribution in [2.45, 2.75) is 55.4 Å². The predicted molar refractivity (Wildman–Crippen MR) is 77.8 cm³/mol. The summed E-state index contributed by atoms with van der Waals surface area (Å²) in [5.74, 6) is 0. The fourth-order valence-electron chi connectivity index (χ4n) is 0. The molecule has 0 heterocycles. The summed E-state index contributed by atoms with van der Waals surface area (Å²) in [5.41, 5.74) is 0. The van der Waals surface area contributed by atoms with Crippen molar-refractivity contribution < 1.29 is 4.74 Å². The number of ether oxygens (including phenoxy) is 1. The Kier molecular flexibility index (Phi) is 285. The lowest BCUT2D eigenvalue weighted by atomic mass is 10.6. The van der Waals surface area contributed by atoms with Crippen LogP contribution in [0.5, 0.6) is 0 Å². The molecule has 0 saturated carbocycles. The lowest BCUT2D eigenvalue weighted by Gasteiger charge is -1.61. The van der Waals surface area contributed by atoms with Gasteiger partial charge in [0.2, 0.25) is 0 Å². The molecule has 0 aromatic heterocycles. The van der Waals surface area contributed by atoms with Crippen LogP contribution >= 0.6 is 11.8 Å². The van der Waals surface area contributed by atoms with E-state index >= 15 is 0 Å². The lowest BCUT2D eigenvalue weighted by Crippen LogP contribution is -1.55. The van der Waals surface area contributed by atoms with Gasteiger partial charge in [-0.1, -0.05) is 55.4 Å². The minimum atomic E-state index is 0. The van der Waals surface area contributed by atoms with Crippen LogP contribution in [0.1, 0.15) is 55.4 Å². The van der Waals surface area contributed by atoms with Crippen molar-refractivity contribution in [1.29, 1.82) is 0 Å². The summed E-state index contributed by atoms with van der Waals surface area (Å²) in [5, 5.41) is 0.